The molecule has 1 aromatic heterocycles. The number of thiophene rings is 1. The van der Waals surface area contributed by atoms with Crippen molar-refractivity contribution >= 4 is 17.2 Å². The van der Waals surface area contributed by atoms with Gasteiger partial charge in [-0.25, -0.2) is 0 Å². The standard InChI is InChI=1S/C13H20N2O2S/c1-3-10-4-7-18-12(10)13(16)14-8-11-9-15(2)5-6-17-11/h4,7,11H,3,5-6,8-9H2,1-2H3,(H,14,16)/t11-/m0/s1. The fourth-order valence-electron chi connectivity index (χ4n) is 2.09. The van der Waals surface area contributed by atoms with Gasteiger partial charge in [-0.05, 0) is 30.5 Å². The zero-order chi connectivity index (χ0) is 13.0. The Morgan fingerprint density at radius 2 is 2.50 bits per heavy atom. The van der Waals surface area contributed by atoms with Crippen molar-refractivity contribution in [1.82, 2.24) is 10.2 Å². The first-order chi connectivity index (χ1) is 8.70. The van der Waals surface area contributed by atoms with Gasteiger partial charge in [0.05, 0.1) is 17.6 Å². The number of carbonyl (C=O) groups is 1. The van der Waals surface area contributed by atoms with Crippen molar-refractivity contribution in [3.8, 4) is 0 Å². The SMILES string of the molecule is CCc1ccsc1C(=O)NC[C@H]1CN(C)CCO1. The van der Waals surface area contributed by atoms with Crippen molar-refractivity contribution in [3.05, 3.63) is 21.9 Å². The molecule has 0 spiro atoms. The summed E-state index contributed by atoms with van der Waals surface area (Å²) in [4.78, 5) is 15.1. The second kappa shape index (κ2) is 6.31. The number of hydrogen-bond donors (Lipinski definition) is 1. The van der Waals surface area contributed by atoms with Crippen LogP contribution in [0.15, 0.2) is 11.4 Å². The molecule has 1 N–H and O–H groups in total. The Morgan fingerprint density at radius 3 is 3.22 bits per heavy atom. The molecule has 2 heterocycles. The van der Waals surface area contributed by atoms with Crippen molar-refractivity contribution in [2.75, 3.05) is 33.3 Å². The Morgan fingerprint density at radius 1 is 1.67 bits per heavy atom. The quantitative estimate of drug-likeness (QED) is 0.897. The van der Waals surface area contributed by atoms with Gasteiger partial charge in [-0.15, -0.1) is 11.3 Å². The van der Waals surface area contributed by atoms with Crippen LogP contribution in [0, 0.1) is 0 Å². The first kappa shape index (κ1) is 13.5. The van der Waals surface area contributed by atoms with Crippen molar-refractivity contribution in [2.24, 2.45) is 0 Å². The number of likely N-dealkylation sites (N-methyl/N-ethyl adjacent to an activating group) is 1. The molecule has 1 atom stereocenters. The molecular weight excluding hydrogens is 248 g/mol. The maximum Gasteiger partial charge on any atom is 0.261 e. The minimum Gasteiger partial charge on any atom is -0.374 e. The van der Waals surface area contributed by atoms with Crippen LogP contribution in [0.25, 0.3) is 0 Å². The largest absolute Gasteiger partial charge is 0.374 e. The molecule has 0 bridgehead atoms. The summed E-state index contributed by atoms with van der Waals surface area (Å²) >= 11 is 1.51. The highest BCUT2D eigenvalue weighted by molar-refractivity contribution is 7.12. The van der Waals surface area contributed by atoms with Gasteiger partial charge in [0.2, 0.25) is 0 Å². The van der Waals surface area contributed by atoms with E-state index in [-0.39, 0.29) is 12.0 Å². The van der Waals surface area contributed by atoms with Gasteiger partial charge in [0, 0.05) is 19.6 Å². The molecule has 1 aliphatic rings. The van der Waals surface area contributed by atoms with Crippen LogP contribution < -0.4 is 5.32 Å². The van der Waals surface area contributed by atoms with Gasteiger partial charge in [0.25, 0.3) is 5.91 Å². The van der Waals surface area contributed by atoms with E-state index in [1.165, 1.54) is 11.3 Å². The maximum absolute atomic E-state index is 12.0. The normalized spacial score (nSPS) is 20.9. The summed E-state index contributed by atoms with van der Waals surface area (Å²) in [6, 6.07) is 2.02. The topological polar surface area (TPSA) is 41.6 Å². The van der Waals surface area contributed by atoms with Crippen LogP contribution in [0.4, 0.5) is 0 Å². The van der Waals surface area contributed by atoms with E-state index in [2.05, 4.69) is 24.2 Å². The Bertz CT molecular complexity index is 405. The van der Waals surface area contributed by atoms with Crippen LogP contribution in [-0.2, 0) is 11.2 Å². The number of rotatable bonds is 4. The molecule has 1 fully saturated rings. The second-order valence-corrected chi connectivity index (χ2v) is 5.51. The van der Waals surface area contributed by atoms with Crippen LogP contribution in [-0.4, -0.2) is 50.2 Å². The number of carbonyl (C=O) groups excluding carboxylic acids is 1. The number of nitrogens with zero attached hydrogens (tertiary/aromatic N) is 1. The van der Waals surface area contributed by atoms with Crippen LogP contribution in [0.3, 0.4) is 0 Å². The third-order valence-electron chi connectivity index (χ3n) is 3.17. The highest BCUT2D eigenvalue weighted by Crippen LogP contribution is 2.17. The number of hydrogen-bond acceptors (Lipinski definition) is 4. The molecule has 2 rings (SSSR count). The van der Waals surface area contributed by atoms with Gasteiger partial charge in [-0.1, -0.05) is 6.92 Å². The molecule has 1 saturated heterocycles. The summed E-state index contributed by atoms with van der Waals surface area (Å²) in [5.74, 6) is 0.0266. The fourth-order valence-corrected chi connectivity index (χ4v) is 3.00. The number of morpholine rings is 1. The van der Waals surface area contributed by atoms with Crippen molar-refractivity contribution in [1.29, 1.82) is 0 Å². The summed E-state index contributed by atoms with van der Waals surface area (Å²) in [7, 11) is 2.08. The summed E-state index contributed by atoms with van der Waals surface area (Å²) in [5, 5.41) is 4.94. The lowest BCUT2D eigenvalue weighted by molar-refractivity contribution is -0.0174. The van der Waals surface area contributed by atoms with Gasteiger partial charge >= 0.3 is 0 Å². The molecule has 100 valence electrons. The van der Waals surface area contributed by atoms with Gasteiger partial charge in [0.15, 0.2) is 0 Å². The highest BCUT2D eigenvalue weighted by Gasteiger charge is 2.19. The molecule has 0 radical (unpaired) electrons. The number of amides is 1. The van der Waals surface area contributed by atoms with E-state index in [4.69, 9.17) is 4.74 Å². The molecule has 1 amide bonds. The Hall–Kier alpha value is -0.910. The molecule has 18 heavy (non-hydrogen) atoms. The minimum absolute atomic E-state index is 0.0266. The predicted molar refractivity (Wildman–Crippen MR) is 73.3 cm³/mol. The third-order valence-corrected chi connectivity index (χ3v) is 4.12. The lowest BCUT2D eigenvalue weighted by Gasteiger charge is -2.30. The second-order valence-electron chi connectivity index (χ2n) is 4.59. The zero-order valence-electron chi connectivity index (χ0n) is 10.9. The van der Waals surface area contributed by atoms with Crippen LogP contribution >= 0.6 is 11.3 Å². The number of aryl methyl sites for hydroxylation is 1. The van der Waals surface area contributed by atoms with Gasteiger partial charge < -0.3 is 15.0 Å². The van der Waals surface area contributed by atoms with Crippen LogP contribution in [0.2, 0.25) is 0 Å². The zero-order valence-corrected chi connectivity index (χ0v) is 11.8. The average Bonchev–Trinajstić information content (AvgIpc) is 2.84. The summed E-state index contributed by atoms with van der Waals surface area (Å²) in [6.07, 6.45) is 1.01. The molecule has 1 aromatic rings. The Labute approximate surface area is 112 Å². The van der Waals surface area contributed by atoms with E-state index in [1.807, 2.05) is 11.4 Å². The van der Waals surface area contributed by atoms with E-state index in [1.54, 1.807) is 0 Å². The molecule has 0 unspecified atom stereocenters. The molecule has 0 saturated carbocycles. The lowest BCUT2D eigenvalue weighted by Crippen LogP contribution is -2.45. The van der Waals surface area contributed by atoms with E-state index in [0.717, 1.165) is 36.6 Å². The maximum atomic E-state index is 12.0. The molecule has 5 heteroatoms. The van der Waals surface area contributed by atoms with Gasteiger partial charge in [-0.3, -0.25) is 4.79 Å². The van der Waals surface area contributed by atoms with E-state index >= 15 is 0 Å². The van der Waals surface area contributed by atoms with Crippen molar-refractivity contribution in [3.63, 3.8) is 0 Å². The van der Waals surface area contributed by atoms with Crippen LogP contribution in [0.5, 0.6) is 0 Å². The average molecular weight is 268 g/mol. The van der Waals surface area contributed by atoms with E-state index < -0.39 is 0 Å². The molecule has 1 aliphatic heterocycles. The minimum atomic E-state index is 0.0266. The van der Waals surface area contributed by atoms with Gasteiger partial charge in [-0.2, -0.15) is 0 Å². The molecular formula is C13H20N2O2S. The molecule has 4 nitrogen and oxygen atoms in total. The summed E-state index contributed by atoms with van der Waals surface area (Å²) in [6.45, 7) is 5.25. The first-order valence-corrected chi connectivity index (χ1v) is 7.23. The van der Waals surface area contributed by atoms with E-state index in [9.17, 15) is 4.79 Å². The molecule has 0 aliphatic carbocycles. The predicted octanol–water partition coefficient (Wildman–Crippen LogP) is 1.37. The summed E-state index contributed by atoms with van der Waals surface area (Å²) in [5.41, 5.74) is 1.12. The fraction of sp³-hybridized carbons (Fsp3) is 0.615. The van der Waals surface area contributed by atoms with Crippen molar-refractivity contribution < 1.29 is 9.53 Å². The highest BCUT2D eigenvalue weighted by atomic mass is 32.1. The summed E-state index contributed by atoms with van der Waals surface area (Å²) < 4.78 is 5.62. The smallest absolute Gasteiger partial charge is 0.261 e. The Kier molecular flexibility index (Phi) is 4.74. The van der Waals surface area contributed by atoms with Crippen LogP contribution in [0.1, 0.15) is 22.2 Å². The molecule has 0 aromatic carbocycles. The number of ether oxygens (including phenoxy) is 1. The number of nitrogens with one attached hydrogen (secondary N) is 1. The first-order valence-electron chi connectivity index (χ1n) is 6.35. The Balaban J connectivity index is 1.84. The van der Waals surface area contributed by atoms with Gasteiger partial charge in [0.1, 0.15) is 0 Å². The van der Waals surface area contributed by atoms with E-state index in [0.29, 0.717) is 6.54 Å². The van der Waals surface area contributed by atoms with Crippen molar-refractivity contribution in [2.45, 2.75) is 19.4 Å². The lowest BCUT2D eigenvalue weighted by atomic mass is 10.2. The monoisotopic (exact) mass is 268 g/mol. The third kappa shape index (κ3) is 3.31.